The lowest BCUT2D eigenvalue weighted by Crippen LogP contribution is -2.67. The molecule has 7 nitrogen and oxygen atoms in total. The van der Waals surface area contributed by atoms with Gasteiger partial charge in [0.25, 0.3) is 0 Å². The van der Waals surface area contributed by atoms with Crippen LogP contribution in [-0.4, -0.2) is 65.3 Å². The summed E-state index contributed by atoms with van der Waals surface area (Å²) in [5, 5.41) is 2.84. The number of hydrogen-bond acceptors (Lipinski definition) is 4. The lowest BCUT2D eigenvalue weighted by atomic mass is 9.78. The number of para-hydroxylation sites is 2. The van der Waals surface area contributed by atoms with Crippen LogP contribution in [0.15, 0.2) is 24.3 Å². The van der Waals surface area contributed by atoms with E-state index in [9.17, 15) is 14.4 Å². The van der Waals surface area contributed by atoms with Gasteiger partial charge in [0, 0.05) is 26.6 Å². The van der Waals surface area contributed by atoms with E-state index in [4.69, 9.17) is 0 Å². The number of benzene rings is 1. The van der Waals surface area contributed by atoms with Crippen molar-refractivity contribution in [3.63, 3.8) is 0 Å². The summed E-state index contributed by atoms with van der Waals surface area (Å²) in [6, 6.07) is 7.08. The smallest absolute Gasteiger partial charge is 0.244 e. The number of piperazine rings is 1. The fourth-order valence-electron chi connectivity index (χ4n) is 5.28. The van der Waals surface area contributed by atoms with Gasteiger partial charge in [0.2, 0.25) is 17.7 Å². The Morgan fingerprint density at radius 3 is 2.55 bits per heavy atom. The first-order chi connectivity index (χ1) is 13.9. The van der Waals surface area contributed by atoms with Crippen LogP contribution in [0.3, 0.4) is 0 Å². The average molecular weight is 399 g/mol. The first kappa shape index (κ1) is 19.9. The molecule has 4 rings (SSSR count). The Morgan fingerprint density at radius 2 is 1.83 bits per heavy atom. The van der Waals surface area contributed by atoms with Crippen LogP contribution >= 0.6 is 0 Å². The second-order valence-electron chi connectivity index (χ2n) is 8.59. The molecule has 1 saturated carbocycles. The molecule has 0 aromatic heterocycles. The van der Waals surface area contributed by atoms with Crippen molar-refractivity contribution < 1.29 is 14.4 Å². The molecular formula is C22H30N4O3. The summed E-state index contributed by atoms with van der Waals surface area (Å²) in [6.45, 7) is 5.68. The zero-order valence-electron chi connectivity index (χ0n) is 17.3. The van der Waals surface area contributed by atoms with E-state index in [0.717, 1.165) is 37.9 Å². The van der Waals surface area contributed by atoms with E-state index in [1.54, 1.807) is 11.8 Å². The molecule has 3 amide bonds. The lowest BCUT2D eigenvalue weighted by Gasteiger charge is -2.53. The topological polar surface area (TPSA) is 73.0 Å². The van der Waals surface area contributed by atoms with E-state index in [1.165, 1.54) is 6.42 Å². The molecule has 0 bridgehead atoms. The van der Waals surface area contributed by atoms with Gasteiger partial charge in [-0.3, -0.25) is 24.2 Å². The second kappa shape index (κ2) is 7.78. The van der Waals surface area contributed by atoms with E-state index in [0.29, 0.717) is 18.8 Å². The van der Waals surface area contributed by atoms with Gasteiger partial charge in [-0.2, -0.15) is 0 Å². The molecule has 0 radical (unpaired) electrons. The first-order valence-corrected chi connectivity index (χ1v) is 10.6. The number of amides is 3. The fourth-order valence-corrected chi connectivity index (χ4v) is 5.28. The maximum absolute atomic E-state index is 13.4. The number of nitrogens with one attached hydrogen (secondary N) is 1. The SMILES string of the molecule is CC(=O)N1CCN(C(C)C(=O)N2CC(=O)Nc3ccccc32)CC12CCCCC2. The highest BCUT2D eigenvalue weighted by Gasteiger charge is 2.46. The number of rotatable bonds is 2. The van der Waals surface area contributed by atoms with E-state index in [-0.39, 0.29) is 35.8 Å². The third-order valence-electron chi connectivity index (χ3n) is 6.79. The van der Waals surface area contributed by atoms with E-state index in [1.807, 2.05) is 36.1 Å². The third kappa shape index (κ3) is 3.64. The van der Waals surface area contributed by atoms with Crippen molar-refractivity contribution in [2.75, 3.05) is 36.4 Å². The Labute approximate surface area is 172 Å². The Balaban J connectivity index is 1.55. The molecule has 1 N–H and O–H groups in total. The number of fused-ring (bicyclic) bond motifs is 1. The first-order valence-electron chi connectivity index (χ1n) is 10.6. The zero-order chi connectivity index (χ0) is 20.6. The lowest BCUT2D eigenvalue weighted by molar-refractivity contribution is -0.144. The summed E-state index contributed by atoms with van der Waals surface area (Å²) in [4.78, 5) is 43.7. The number of carbonyl (C=O) groups excluding carboxylic acids is 3. The summed E-state index contributed by atoms with van der Waals surface area (Å²) in [5.41, 5.74) is 1.27. The minimum Gasteiger partial charge on any atom is -0.335 e. The molecule has 1 saturated heterocycles. The van der Waals surface area contributed by atoms with Crippen LogP contribution in [0.1, 0.15) is 46.0 Å². The van der Waals surface area contributed by atoms with Crippen molar-refractivity contribution in [1.82, 2.24) is 9.80 Å². The molecule has 3 aliphatic rings. The summed E-state index contributed by atoms with van der Waals surface area (Å²) in [6.07, 6.45) is 5.46. The highest BCUT2D eigenvalue weighted by molar-refractivity contribution is 6.11. The van der Waals surface area contributed by atoms with Crippen molar-refractivity contribution in [3.05, 3.63) is 24.3 Å². The number of anilines is 2. The maximum atomic E-state index is 13.4. The quantitative estimate of drug-likeness (QED) is 0.829. The van der Waals surface area contributed by atoms with Gasteiger partial charge in [0.15, 0.2) is 0 Å². The van der Waals surface area contributed by atoms with Gasteiger partial charge in [-0.15, -0.1) is 0 Å². The summed E-state index contributed by atoms with van der Waals surface area (Å²) < 4.78 is 0. The van der Waals surface area contributed by atoms with Gasteiger partial charge in [-0.05, 0) is 31.9 Å². The van der Waals surface area contributed by atoms with Gasteiger partial charge < -0.3 is 10.2 Å². The van der Waals surface area contributed by atoms with Crippen molar-refractivity contribution in [1.29, 1.82) is 0 Å². The number of nitrogens with zero attached hydrogens (tertiary/aromatic N) is 3. The predicted octanol–water partition coefficient (Wildman–Crippen LogP) is 2.23. The standard InChI is InChI=1S/C22H30N4O3/c1-16(21(29)25-14-20(28)23-18-8-4-5-9-19(18)25)24-12-13-26(17(2)27)22(15-24)10-6-3-7-11-22/h4-5,8-9,16H,3,6-7,10-15H2,1-2H3,(H,23,28). The Hall–Kier alpha value is -2.41. The Kier molecular flexibility index (Phi) is 5.34. The molecule has 2 fully saturated rings. The Morgan fingerprint density at radius 1 is 1.10 bits per heavy atom. The Bertz CT molecular complexity index is 818. The molecule has 29 heavy (non-hydrogen) atoms. The maximum Gasteiger partial charge on any atom is 0.244 e. The van der Waals surface area contributed by atoms with Crippen LogP contribution < -0.4 is 10.2 Å². The highest BCUT2D eigenvalue weighted by Crippen LogP contribution is 2.38. The van der Waals surface area contributed by atoms with Crippen LogP contribution in [0, 0.1) is 0 Å². The predicted molar refractivity (Wildman–Crippen MR) is 112 cm³/mol. The van der Waals surface area contributed by atoms with Gasteiger partial charge in [-0.1, -0.05) is 31.4 Å². The minimum atomic E-state index is -0.345. The molecule has 7 heteroatoms. The molecule has 2 heterocycles. The van der Waals surface area contributed by atoms with Gasteiger partial charge in [0.1, 0.15) is 6.54 Å². The van der Waals surface area contributed by atoms with Crippen LogP contribution in [0.5, 0.6) is 0 Å². The average Bonchev–Trinajstić information content (AvgIpc) is 2.72. The molecular weight excluding hydrogens is 368 g/mol. The van der Waals surface area contributed by atoms with Gasteiger partial charge >= 0.3 is 0 Å². The van der Waals surface area contributed by atoms with Crippen LogP contribution in [0.2, 0.25) is 0 Å². The van der Waals surface area contributed by atoms with Crippen molar-refractivity contribution >= 4 is 29.1 Å². The molecule has 1 aromatic carbocycles. The summed E-state index contributed by atoms with van der Waals surface area (Å²) in [7, 11) is 0. The number of hydrogen-bond donors (Lipinski definition) is 1. The molecule has 1 spiro atoms. The molecule has 1 aliphatic carbocycles. The monoisotopic (exact) mass is 398 g/mol. The third-order valence-corrected chi connectivity index (χ3v) is 6.79. The summed E-state index contributed by atoms with van der Waals surface area (Å²) in [5.74, 6) is -0.101. The minimum absolute atomic E-state index is 0.0404. The summed E-state index contributed by atoms with van der Waals surface area (Å²) >= 11 is 0. The van der Waals surface area contributed by atoms with E-state index >= 15 is 0 Å². The number of carbonyl (C=O) groups is 3. The van der Waals surface area contributed by atoms with Gasteiger partial charge in [0.05, 0.1) is 23.0 Å². The molecule has 1 aromatic rings. The molecule has 156 valence electrons. The van der Waals surface area contributed by atoms with Crippen LogP contribution in [-0.2, 0) is 14.4 Å². The van der Waals surface area contributed by atoms with Crippen molar-refractivity contribution in [3.8, 4) is 0 Å². The van der Waals surface area contributed by atoms with Crippen molar-refractivity contribution in [2.45, 2.75) is 57.5 Å². The van der Waals surface area contributed by atoms with E-state index < -0.39 is 0 Å². The molecule has 2 aliphatic heterocycles. The fraction of sp³-hybridized carbons (Fsp3) is 0.591. The van der Waals surface area contributed by atoms with Crippen LogP contribution in [0.25, 0.3) is 0 Å². The highest BCUT2D eigenvalue weighted by atomic mass is 16.2. The van der Waals surface area contributed by atoms with Crippen molar-refractivity contribution in [2.24, 2.45) is 0 Å². The van der Waals surface area contributed by atoms with E-state index in [2.05, 4.69) is 10.2 Å². The second-order valence-corrected chi connectivity index (χ2v) is 8.59. The van der Waals surface area contributed by atoms with Gasteiger partial charge in [-0.25, -0.2) is 0 Å². The zero-order valence-corrected chi connectivity index (χ0v) is 17.3. The largest absolute Gasteiger partial charge is 0.335 e. The van der Waals surface area contributed by atoms with Crippen LogP contribution in [0.4, 0.5) is 11.4 Å². The molecule has 1 unspecified atom stereocenters. The normalized spacial score (nSPS) is 22.8. The molecule has 1 atom stereocenters.